The van der Waals surface area contributed by atoms with Crippen LogP contribution in [0.5, 0.6) is 0 Å². The molecule has 0 amide bonds. The second-order valence-electron chi connectivity index (χ2n) is 6.07. The number of aromatic nitrogens is 3. The van der Waals surface area contributed by atoms with Gasteiger partial charge in [-0.05, 0) is 12.1 Å². The molecule has 1 aliphatic rings. The largest absolute Gasteiger partial charge is 0.379 e. The van der Waals surface area contributed by atoms with Gasteiger partial charge in [0.25, 0.3) is 5.56 Å². The minimum Gasteiger partial charge on any atom is -0.379 e. The molecule has 0 spiro atoms. The Labute approximate surface area is 139 Å². The maximum Gasteiger partial charge on any atom is 0.282 e. The van der Waals surface area contributed by atoms with E-state index >= 15 is 0 Å². The lowest BCUT2D eigenvalue weighted by atomic mass is 10.2. The first-order valence-corrected chi connectivity index (χ1v) is 9.69. The predicted molar refractivity (Wildman–Crippen MR) is 88.6 cm³/mol. The zero-order chi connectivity index (χ0) is 17.2. The molecule has 9 heteroatoms. The number of nitrogens with zero attached hydrogens (tertiary/aromatic N) is 3. The molecule has 2 atom stereocenters. The molecular weight excluding hydrogens is 332 g/mol. The molecule has 3 rings (SSSR count). The minimum absolute atomic E-state index is 0.0506. The zero-order valence-electron chi connectivity index (χ0n) is 13.5. The minimum atomic E-state index is -2.99. The molecule has 2 aromatic rings. The van der Waals surface area contributed by atoms with Crippen molar-refractivity contribution >= 4 is 20.7 Å². The SMILES string of the molecule is COCC[NH+](Cn1nnc2ccccc2c1=O)[C@H]1CCS(=O)(=O)C1. The van der Waals surface area contributed by atoms with Crippen LogP contribution in [0.2, 0.25) is 0 Å². The Morgan fingerprint density at radius 3 is 2.88 bits per heavy atom. The van der Waals surface area contributed by atoms with E-state index in [-0.39, 0.29) is 29.8 Å². The second kappa shape index (κ2) is 6.96. The van der Waals surface area contributed by atoms with Gasteiger partial charge >= 0.3 is 0 Å². The number of methoxy groups -OCH3 is 1. The molecule has 8 nitrogen and oxygen atoms in total. The first-order chi connectivity index (χ1) is 11.5. The van der Waals surface area contributed by atoms with Crippen molar-refractivity contribution in [2.24, 2.45) is 0 Å². The average molecular weight is 353 g/mol. The summed E-state index contributed by atoms with van der Waals surface area (Å²) in [6, 6.07) is 7.00. The van der Waals surface area contributed by atoms with E-state index in [0.717, 1.165) is 4.90 Å². The van der Waals surface area contributed by atoms with E-state index in [1.807, 2.05) is 0 Å². The van der Waals surface area contributed by atoms with Crippen LogP contribution in [-0.4, -0.2) is 61.2 Å². The highest BCUT2D eigenvalue weighted by atomic mass is 32.2. The van der Waals surface area contributed by atoms with Crippen molar-refractivity contribution in [1.29, 1.82) is 0 Å². The highest BCUT2D eigenvalue weighted by molar-refractivity contribution is 7.91. The highest BCUT2D eigenvalue weighted by Crippen LogP contribution is 2.09. The van der Waals surface area contributed by atoms with Crippen molar-refractivity contribution in [3.8, 4) is 0 Å². The van der Waals surface area contributed by atoms with Gasteiger partial charge in [-0.25, -0.2) is 8.42 Å². The number of hydrogen-bond donors (Lipinski definition) is 1. The van der Waals surface area contributed by atoms with Crippen molar-refractivity contribution in [3.05, 3.63) is 34.6 Å². The van der Waals surface area contributed by atoms with Gasteiger partial charge in [-0.2, -0.15) is 4.68 Å². The van der Waals surface area contributed by atoms with E-state index in [4.69, 9.17) is 4.74 Å². The third kappa shape index (κ3) is 3.63. The van der Waals surface area contributed by atoms with Gasteiger partial charge in [-0.1, -0.05) is 17.3 Å². The molecule has 0 radical (unpaired) electrons. The first-order valence-electron chi connectivity index (χ1n) is 7.86. The molecule has 130 valence electrons. The molecule has 1 fully saturated rings. The standard InChI is InChI=1S/C15H20N4O4S/c1-23-8-7-18(12-6-9-24(21,22)10-12)11-19-15(20)13-4-2-3-5-14(13)16-17-19/h2-5,12H,6-11H2,1H3/p+1/t12-/m0/s1. The van der Waals surface area contributed by atoms with Crippen molar-refractivity contribution in [2.45, 2.75) is 19.1 Å². The summed E-state index contributed by atoms with van der Waals surface area (Å²) >= 11 is 0. The van der Waals surface area contributed by atoms with Gasteiger partial charge in [0, 0.05) is 13.5 Å². The van der Waals surface area contributed by atoms with E-state index in [1.54, 1.807) is 31.4 Å². The Hall–Kier alpha value is -1.84. The fourth-order valence-electron chi connectivity index (χ4n) is 3.08. The number of quaternary nitrogens is 1. The quantitative estimate of drug-likeness (QED) is 0.677. The number of benzene rings is 1. The number of fused-ring (bicyclic) bond motifs is 1. The van der Waals surface area contributed by atoms with Crippen LogP contribution in [0.25, 0.3) is 10.9 Å². The third-order valence-electron chi connectivity index (χ3n) is 4.42. The maximum absolute atomic E-state index is 12.6. The number of ether oxygens (including phenoxy) is 1. The van der Waals surface area contributed by atoms with Gasteiger partial charge in [-0.3, -0.25) is 4.79 Å². The highest BCUT2D eigenvalue weighted by Gasteiger charge is 2.35. The van der Waals surface area contributed by atoms with Crippen LogP contribution in [0.1, 0.15) is 6.42 Å². The van der Waals surface area contributed by atoms with Gasteiger partial charge in [-0.15, -0.1) is 5.10 Å². The van der Waals surface area contributed by atoms with E-state index in [9.17, 15) is 13.2 Å². The molecule has 2 heterocycles. The lowest BCUT2D eigenvalue weighted by Gasteiger charge is -2.24. The van der Waals surface area contributed by atoms with E-state index in [0.29, 0.717) is 30.5 Å². The van der Waals surface area contributed by atoms with Crippen LogP contribution in [0.4, 0.5) is 0 Å². The maximum atomic E-state index is 12.6. The lowest BCUT2D eigenvalue weighted by molar-refractivity contribution is -0.945. The van der Waals surface area contributed by atoms with Gasteiger partial charge in [0.2, 0.25) is 0 Å². The topological polar surface area (TPSA) is 95.6 Å². The summed E-state index contributed by atoms with van der Waals surface area (Å²) in [5, 5.41) is 8.60. The van der Waals surface area contributed by atoms with Crippen LogP contribution >= 0.6 is 0 Å². The fraction of sp³-hybridized carbons (Fsp3) is 0.533. The normalized spacial score (nSPS) is 21.1. The summed E-state index contributed by atoms with van der Waals surface area (Å²) < 4.78 is 30.0. The summed E-state index contributed by atoms with van der Waals surface area (Å²) in [6.07, 6.45) is 0.594. The number of rotatable bonds is 6. The molecule has 1 aromatic carbocycles. The zero-order valence-corrected chi connectivity index (χ0v) is 14.3. The molecule has 1 aliphatic heterocycles. The summed E-state index contributed by atoms with van der Waals surface area (Å²) in [5.41, 5.74) is 0.344. The van der Waals surface area contributed by atoms with Crippen LogP contribution in [0, 0.1) is 0 Å². The van der Waals surface area contributed by atoms with Crippen molar-refractivity contribution in [3.63, 3.8) is 0 Å². The van der Waals surface area contributed by atoms with Gasteiger partial charge < -0.3 is 9.64 Å². The van der Waals surface area contributed by atoms with Crippen molar-refractivity contribution < 1.29 is 18.1 Å². The lowest BCUT2D eigenvalue weighted by Crippen LogP contribution is -3.16. The van der Waals surface area contributed by atoms with Gasteiger partial charge in [0.05, 0.1) is 17.7 Å². The molecular formula is C15H21N4O4S+. The monoisotopic (exact) mass is 353 g/mol. The average Bonchev–Trinajstić information content (AvgIpc) is 2.93. The number of nitrogens with one attached hydrogen (secondary N) is 1. The van der Waals surface area contributed by atoms with E-state index in [1.165, 1.54) is 4.68 Å². The van der Waals surface area contributed by atoms with E-state index in [2.05, 4.69) is 10.3 Å². The molecule has 1 unspecified atom stereocenters. The molecule has 0 saturated carbocycles. The summed E-state index contributed by atoms with van der Waals surface area (Å²) in [6.45, 7) is 1.37. The first kappa shape index (κ1) is 17.0. The van der Waals surface area contributed by atoms with Crippen LogP contribution in [0.3, 0.4) is 0 Å². The molecule has 1 N–H and O–H groups in total. The summed E-state index contributed by atoms with van der Waals surface area (Å²) in [7, 11) is -1.39. The number of sulfone groups is 1. The van der Waals surface area contributed by atoms with Crippen LogP contribution < -0.4 is 10.5 Å². The van der Waals surface area contributed by atoms with Crippen LogP contribution in [-0.2, 0) is 21.2 Å². The summed E-state index contributed by atoms with van der Waals surface area (Å²) in [4.78, 5) is 13.6. The molecule has 0 aliphatic carbocycles. The molecule has 1 aromatic heterocycles. The summed E-state index contributed by atoms with van der Waals surface area (Å²) in [5.74, 6) is 0.342. The van der Waals surface area contributed by atoms with Crippen LogP contribution in [0.15, 0.2) is 29.1 Å². The van der Waals surface area contributed by atoms with Crippen molar-refractivity contribution in [2.75, 3.05) is 31.8 Å². The Morgan fingerprint density at radius 1 is 1.38 bits per heavy atom. The molecule has 1 saturated heterocycles. The van der Waals surface area contributed by atoms with Gasteiger partial charge in [0.1, 0.15) is 23.9 Å². The van der Waals surface area contributed by atoms with Gasteiger partial charge in [0.15, 0.2) is 16.5 Å². The Morgan fingerprint density at radius 2 is 2.17 bits per heavy atom. The third-order valence-corrected chi connectivity index (χ3v) is 6.19. The van der Waals surface area contributed by atoms with E-state index < -0.39 is 9.84 Å². The Bertz CT molecular complexity index is 880. The molecule has 24 heavy (non-hydrogen) atoms. The van der Waals surface area contributed by atoms with Crippen molar-refractivity contribution in [1.82, 2.24) is 15.0 Å². The fourth-order valence-corrected chi connectivity index (χ4v) is 4.91. The Balaban J connectivity index is 1.87. The Kier molecular flexibility index (Phi) is 4.93. The number of hydrogen-bond acceptors (Lipinski definition) is 6. The second-order valence-corrected chi connectivity index (χ2v) is 8.30. The molecule has 0 bridgehead atoms. The predicted octanol–water partition coefficient (Wildman–Crippen LogP) is -1.53. The smallest absolute Gasteiger partial charge is 0.282 e.